The lowest BCUT2D eigenvalue weighted by atomic mass is 9.95. The Morgan fingerprint density at radius 3 is 2.43 bits per heavy atom. The molecule has 28 heavy (non-hydrogen) atoms. The number of amides is 1. The van der Waals surface area contributed by atoms with E-state index < -0.39 is 11.7 Å². The van der Waals surface area contributed by atoms with Gasteiger partial charge in [-0.05, 0) is 44.0 Å². The molecular weight excluding hydrogens is 391 g/mol. The third-order valence-electron chi connectivity index (χ3n) is 4.97. The van der Waals surface area contributed by atoms with E-state index in [0.29, 0.717) is 49.0 Å². The van der Waals surface area contributed by atoms with Crippen molar-refractivity contribution in [3.63, 3.8) is 0 Å². The van der Waals surface area contributed by atoms with Gasteiger partial charge in [0, 0.05) is 31.7 Å². The van der Waals surface area contributed by atoms with Gasteiger partial charge in [0.15, 0.2) is 0 Å². The lowest BCUT2D eigenvalue weighted by Crippen LogP contribution is -2.43. The van der Waals surface area contributed by atoms with E-state index in [2.05, 4.69) is 4.98 Å². The second kappa shape index (κ2) is 8.39. The number of hydrogen-bond donors (Lipinski definition) is 0. The first-order valence-corrected chi connectivity index (χ1v) is 9.53. The van der Waals surface area contributed by atoms with E-state index in [-0.39, 0.29) is 11.8 Å². The van der Waals surface area contributed by atoms with Crippen LogP contribution in [0.25, 0.3) is 0 Å². The first-order chi connectivity index (χ1) is 13.3. The number of hydrogen-bond acceptors (Lipinski definition) is 3. The maximum Gasteiger partial charge on any atom is 0.417 e. The molecule has 0 spiro atoms. The van der Waals surface area contributed by atoms with E-state index >= 15 is 0 Å². The fourth-order valence-corrected chi connectivity index (χ4v) is 3.67. The van der Waals surface area contributed by atoms with Crippen LogP contribution in [-0.4, -0.2) is 30.5 Å². The highest BCUT2D eigenvalue weighted by Crippen LogP contribution is 2.31. The van der Waals surface area contributed by atoms with Crippen LogP contribution in [0.1, 0.15) is 25.3 Å². The number of anilines is 2. The molecule has 0 aliphatic carbocycles. The summed E-state index contributed by atoms with van der Waals surface area (Å²) in [6.45, 7) is 3.55. The van der Waals surface area contributed by atoms with Crippen LogP contribution in [0.15, 0.2) is 42.6 Å². The smallest absolute Gasteiger partial charge is 0.357 e. The SMILES string of the molecule is CCN(C(=O)C1CCN(c2ccc(C(F)(F)F)cn2)CC1)c1ccccc1Cl. The number of aromatic nitrogens is 1. The van der Waals surface area contributed by atoms with Crippen LogP contribution in [0.3, 0.4) is 0 Å². The number of piperidine rings is 1. The van der Waals surface area contributed by atoms with Gasteiger partial charge < -0.3 is 9.80 Å². The van der Waals surface area contributed by atoms with E-state index in [4.69, 9.17) is 11.6 Å². The molecule has 1 aromatic carbocycles. The van der Waals surface area contributed by atoms with Crippen LogP contribution in [-0.2, 0) is 11.0 Å². The average Bonchev–Trinajstić information content (AvgIpc) is 2.69. The summed E-state index contributed by atoms with van der Waals surface area (Å²) in [5.41, 5.74) is -0.0665. The Labute approximate surface area is 166 Å². The van der Waals surface area contributed by atoms with Gasteiger partial charge in [-0.2, -0.15) is 13.2 Å². The van der Waals surface area contributed by atoms with Crippen molar-refractivity contribution in [3.05, 3.63) is 53.2 Å². The topological polar surface area (TPSA) is 36.4 Å². The van der Waals surface area contributed by atoms with Crippen LogP contribution >= 0.6 is 11.6 Å². The maximum atomic E-state index is 13.0. The minimum Gasteiger partial charge on any atom is -0.357 e. The predicted octanol–water partition coefficient (Wildman–Crippen LogP) is 5.02. The van der Waals surface area contributed by atoms with Crippen molar-refractivity contribution in [2.24, 2.45) is 5.92 Å². The molecule has 0 radical (unpaired) electrons. The quantitative estimate of drug-likeness (QED) is 0.708. The molecule has 1 fully saturated rings. The molecule has 4 nitrogen and oxygen atoms in total. The van der Waals surface area contributed by atoms with Gasteiger partial charge in [0.25, 0.3) is 0 Å². The highest BCUT2D eigenvalue weighted by molar-refractivity contribution is 6.33. The summed E-state index contributed by atoms with van der Waals surface area (Å²) in [6.07, 6.45) is -2.32. The molecule has 1 aliphatic heterocycles. The van der Waals surface area contributed by atoms with E-state index in [1.807, 2.05) is 30.0 Å². The Bertz CT molecular complexity index is 818. The van der Waals surface area contributed by atoms with Gasteiger partial charge in [0.1, 0.15) is 5.82 Å². The van der Waals surface area contributed by atoms with Crippen molar-refractivity contribution in [1.29, 1.82) is 0 Å². The molecule has 2 aromatic rings. The Kier molecular flexibility index (Phi) is 6.13. The minimum absolute atomic E-state index is 0.0237. The van der Waals surface area contributed by atoms with Crippen LogP contribution < -0.4 is 9.80 Å². The highest BCUT2D eigenvalue weighted by Gasteiger charge is 2.32. The highest BCUT2D eigenvalue weighted by atomic mass is 35.5. The van der Waals surface area contributed by atoms with Crippen LogP contribution in [0.2, 0.25) is 5.02 Å². The normalized spacial score (nSPS) is 15.5. The second-order valence-corrected chi connectivity index (χ2v) is 7.11. The Morgan fingerprint density at radius 1 is 1.21 bits per heavy atom. The lowest BCUT2D eigenvalue weighted by molar-refractivity contribution is -0.137. The molecule has 0 saturated carbocycles. The Morgan fingerprint density at radius 2 is 1.89 bits per heavy atom. The summed E-state index contributed by atoms with van der Waals surface area (Å²) >= 11 is 6.24. The van der Waals surface area contributed by atoms with Gasteiger partial charge in [-0.3, -0.25) is 4.79 Å². The second-order valence-electron chi connectivity index (χ2n) is 6.70. The number of para-hydroxylation sites is 1. The molecule has 1 amide bonds. The number of alkyl halides is 3. The fraction of sp³-hybridized carbons (Fsp3) is 0.400. The van der Waals surface area contributed by atoms with Gasteiger partial charge in [0.05, 0.1) is 16.3 Å². The number of nitrogens with zero attached hydrogens (tertiary/aromatic N) is 3. The first kappa shape index (κ1) is 20.5. The first-order valence-electron chi connectivity index (χ1n) is 9.15. The van der Waals surface area contributed by atoms with Crippen molar-refractivity contribution >= 4 is 29.0 Å². The van der Waals surface area contributed by atoms with Gasteiger partial charge >= 0.3 is 6.18 Å². The number of benzene rings is 1. The van der Waals surface area contributed by atoms with E-state index in [0.717, 1.165) is 12.3 Å². The van der Waals surface area contributed by atoms with Gasteiger partial charge in [-0.1, -0.05) is 23.7 Å². The van der Waals surface area contributed by atoms with E-state index in [1.165, 1.54) is 6.07 Å². The van der Waals surface area contributed by atoms with Gasteiger partial charge in [-0.15, -0.1) is 0 Å². The van der Waals surface area contributed by atoms with Gasteiger partial charge in [-0.25, -0.2) is 4.98 Å². The Hall–Kier alpha value is -2.28. The number of halogens is 4. The molecule has 1 aliphatic rings. The zero-order valence-corrected chi connectivity index (χ0v) is 16.2. The molecule has 150 valence electrons. The molecule has 0 bridgehead atoms. The molecule has 0 unspecified atom stereocenters. The third-order valence-corrected chi connectivity index (χ3v) is 5.29. The summed E-state index contributed by atoms with van der Waals surface area (Å²) in [4.78, 5) is 20.5. The number of rotatable bonds is 4. The number of carbonyl (C=O) groups excluding carboxylic acids is 1. The fourth-order valence-electron chi connectivity index (χ4n) is 3.43. The summed E-state index contributed by atoms with van der Waals surface area (Å²) < 4.78 is 38.0. The monoisotopic (exact) mass is 411 g/mol. The zero-order valence-electron chi connectivity index (χ0n) is 15.4. The Balaban J connectivity index is 1.64. The molecule has 2 heterocycles. The zero-order chi connectivity index (χ0) is 20.3. The lowest BCUT2D eigenvalue weighted by Gasteiger charge is -2.34. The standard InChI is InChI=1S/C20H21ClF3N3O/c1-2-27(17-6-4-3-5-16(17)21)19(28)14-9-11-26(12-10-14)18-8-7-15(13-25-18)20(22,23)24/h3-8,13-14H,2,9-12H2,1H3. The van der Waals surface area contributed by atoms with Crippen molar-refractivity contribution in [2.75, 3.05) is 29.4 Å². The van der Waals surface area contributed by atoms with Crippen molar-refractivity contribution in [1.82, 2.24) is 4.98 Å². The molecular formula is C20H21ClF3N3O. The summed E-state index contributed by atoms with van der Waals surface area (Å²) in [5.74, 6) is 0.370. The molecule has 1 saturated heterocycles. The molecule has 8 heteroatoms. The van der Waals surface area contributed by atoms with Crippen molar-refractivity contribution < 1.29 is 18.0 Å². The maximum absolute atomic E-state index is 13.0. The predicted molar refractivity (Wildman–Crippen MR) is 104 cm³/mol. The van der Waals surface area contributed by atoms with Crippen LogP contribution in [0, 0.1) is 5.92 Å². The molecule has 0 N–H and O–H groups in total. The van der Waals surface area contributed by atoms with Crippen molar-refractivity contribution in [2.45, 2.75) is 25.9 Å². The van der Waals surface area contributed by atoms with Gasteiger partial charge in [0.2, 0.25) is 5.91 Å². The molecule has 3 rings (SSSR count). The number of carbonyl (C=O) groups is 1. The van der Waals surface area contributed by atoms with E-state index in [9.17, 15) is 18.0 Å². The third kappa shape index (κ3) is 4.41. The van der Waals surface area contributed by atoms with Crippen LogP contribution in [0.5, 0.6) is 0 Å². The molecule has 1 aromatic heterocycles. The molecule has 0 atom stereocenters. The average molecular weight is 412 g/mol. The summed E-state index contributed by atoms with van der Waals surface area (Å²) in [7, 11) is 0. The van der Waals surface area contributed by atoms with Crippen molar-refractivity contribution in [3.8, 4) is 0 Å². The number of pyridine rings is 1. The summed E-state index contributed by atoms with van der Waals surface area (Å²) in [5, 5.41) is 0.532. The van der Waals surface area contributed by atoms with E-state index in [1.54, 1.807) is 11.0 Å². The largest absolute Gasteiger partial charge is 0.417 e. The minimum atomic E-state index is -4.40. The van der Waals surface area contributed by atoms with Crippen LogP contribution in [0.4, 0.5) is 24.7 Å². The summed E-state index contributed by atoms with van der Waals surface area (Å²) in [6, 6.07) is 9.66.